The maximum atomic E-state index is 13.0. The number of halogens is 4. The number of benzene rings is 1. The summed E-state index contributed by atoms with van der Waals surface area (Å²) >= 11 is 0. The van der Waals surface area contributed by atoms with Crippen LogP contribution < -0.4 is 10.6 Å². The normalized spacial score (nSPS) is 15.6. The van der Waals surface area contributed by atoms with Crippen LogP contribution in [0.3, 0.4) is 0 Å². The Labute approximate surface area is 151 Å². The number of aromatic nitrogens is 1. The first-order valence-corrected chi connectivity index (χ1v) is 8.12. The van der Waals surface area contributed by atoms with Gasteiger partial charge in [-0.05, 0) is 49.2 Å². The molecule has 3 rings (SSSR count). The number of hydrogen-bond donors (Lipinski definition) is 2. The smallest absolute Gasteiger partial charge is 0.325 e. The second-order valence-corrected chi connectivity index (χ2v) is 6.28. The van der Waals surface area contributed by atoms with Gasteiger partial charge in [0.1, 0.15) is 5.82 Å². The fraction of sp³-hybridized carbons (Fsp3) is 0.278. The molecule has 142 valence electrons. The number of nitrogens with zero attached hydrogens (tertiary/aromatic N) is 1. The third kappa shape index (κ3) is 3.91. The zero-order chi connectivity index (χ0) is 19.7. The summed E-state index contributed by atoms with van der Waals surface area (Å²) in [6, 6.07) is 8.01. The second kappa shape index (κ2) is 6.98. The van der Waals surface area contributed by atoms with Gasteiger partial charge >= 0.3 is 12.1 Å². The van der Waals surface area contributed by atoms with Crippen LogP contribution in [0.5, 0.6) is 0 Å². The average molecular weight is 381 g/mol. The van der Waals surface area contributed by atoms with Crippen LogP contribution in [-0.4, -0.2) is 23.0 Å². The molecule has 0 radical (unpaired) electrons. The Hall–Kier alpha value is -2.97. The van der Waals surface area contributed by atoms with E-state index in [1.807, 2.05) is 0 Å². The van der Waals surface area contributed by atoms with E-state index in [4.69, 9.17) is 0 Å². The van der Waals surface area contributed by atoms with Crippen molar-refractivity contribution < 1.29 is 27.2 Å². The zero-order valence-electron chi connectivity index (χ0n) is 13.9. The molecule has 0 bridgehead atoms. The number of carbonyl (C=O) groups is 2. The summed E-state index contributed by atoms with van der Waals surface area (Å²) in [6.45, 7) is 0. The number of carbonyl (C=O) groups excluding carboxylic acids is 2. The number of alkyl halides is 3. The van der Waals surface area contributed by atoms with Crippen LogP contribution in [-0.2, 0) is 15.0 Å². The molecule has 2 aromatic rings. The van der Waals surface area contributed by atoms with Crippen molar-refractivity contribution in [2.45, 2.75) is 30.9 Å². The van der Waals surface area contributed by atoms with E-state index >= 15 is 0 Å². The Morgan fingerprint density at radius 1 is 0.963 bits per heavy atom. The predicted molar refractivity (Wildman–Crippen MR) is 89.5 cm³/mol. The van der Waals surface area contributed by atoms with Gasteiger partial charge in [0.15, 0.2) is 0 Å². The molecule has 9 heteroatoms. The quantitative estimate of drug-likeness (QED) is 0.792. The van der Waals surface area contributed by atoms with Gasteiger partial charge in [-0.25, -0.2) is 4.39 Å². The van der Waals surface area contributed by atoms with Crippen LogP contribution in [0.2, 0.25) is 0 Å². The van der Waals surface area contributed by atoms with Crippen molar-refractivity contribution in [2.75, 3.05) is 10.6 Å². The highest BCUT2D eigenvalue weighted by Crippen LogP contribution is 2.44. The third-order valence-electron chi connectivity index (χ3n) is 4.51. The predicted octanol–water partition coefficient (Wildman–Crippen LogP) is 3.78. The first-order valence-electron chi connectivity index (χ1n) is 8.12. The lowest BCUT2D eigenvalue weighted by Crippen LogP contribution is -2.46. The molecule has 1 aromatic heterocycles. The number of nitrogens with one attached hydrogen (secondary N) is 2. The molecule has 1 aromatic carbocycles. The maximum Gasteiger partial charge on any atom is 0.471 e. The molecule has 1 saturated carbocycles. The number of hydrogen-bond acceptors (Lipinski definition) is 3. The van der Waals surface area contributed by atoms with Gasteiger partial charge in [0, 0.05) is 5.69 Å². The summed E-state index contributed by atoms with van der Waals surface area (Å²) < 4.78 is 49.9. The molecular formula is C18H15F4N3O2. The Morgan fingerprint density at radius 2 is 1.59 bits per heavy atom. The third-order valence-corrected chi connectivity index (χ3v) is 4.51. The summed E-state index contributed by atoms with van der Waals surface area (Å²) in [6.07, 6.45) is -2.05. The summed E-state index contributed by atoms with van der Waals surface area (Å²) in [5.74, 6) is -2.84. The average Bonchev–Trinajstić information content (AvgIpc) is 2.56. The molecule has 0 spiro atoms. The molecule has 0 aliphatic heterocycles. The summed E-state index contributed by atoms with van der Waals surface area (Å²) in [7, 11) is 0. The van der Waals surface area contributed by atoms with Crippen molar-refractivity contribution in [3.63, 3.8) is 0 Å². The van der Waals surface area contributed by atoms with Crippen LogP contribution in [0.1, 0.15) is 25.0 Å². The fourth-order valence-corrected chi connectivity index (χ4v) is 2.87. The lowest BCUT2D eigenvalue weighted by Gasteiger charge is -2.39. The summed E-state index contributed by atoms with van der Waals surface area (Å²) in [5.41, 5.74) is -0.185. The van der Waals surface area contributed by atoms with Gasteiger partial charge in [-0.2, -0.15) is 13.2 Å². The molecule has 0 atom stereocenters. The largest absolute Gasteiger partial charge is 0.471 e. The van der Waals surface area contributed by atoms with E-state index in [1.54, 1.807) is 5.32 Å². The lowest BCUT2D eigenvalue weighted by molar-refractivity contribution is -0.167. The van der Waals surface area contributed by atoms with Crippen LogP contribution in [0.15, 0.2) is 42.6 Å². The highest BCUT2D eigenvalue weighted by molar-refractivity contribution is 5.99. The SMILES string of the molecule is O=C(Nc1ccc(C2(C(=O)Nc3ccc(F)cc3)CCC2)nc1)C(F)(F)F. The molecule has 2 amide bonds. The van der Waals surface area contributed by atoms with E-state index < -0.39 is 23.3 Å². The van der Waals surface area contributed by atoms with Crippen molar-refractivity contribution in [1.82, 2.24) is 4.98 Å². The van der Waals surface area contributed by atoms with E-state index in [1.165, 1.54) is 36.4 Å². The number of amides is 2. The van der Waals surface area contributed by atoms with E-state index in [-0.39, 0.29) is 11.6 Å². The van der Waals surface area contributed by atoms with Crippen molar-refractivity contribution >= 4 is 23.2 Å². The minimum Gasteiger partial charge on any atom is -0.325 e. The standard InChI is InChI=1S/C18H15F4N3O2/c19-11-2-4-12(5-3-11)24-15(26)17(8-1-9-17)14-7-6-13(10-23-14)25-16(27)18(20,21)22/h2-7,10H,1,8-9H2,(H,24,26)(H,25,27). The maximum absolute atomic E-state index is 13.0. The fourth-order valence-electron chi connectivity index (χ4n) is 2.87. The molecular weight excluding hydrogens is 366 g/mol. The van der Waals surface area contributed by atoms with Gasteiger partial charge in [0.2, 0.25) is 5.91 Å². The molecule has 0 unspecified atom stereocenters. The van der Waals surface area contributed by atoms with Gasteiger partial charge in [0.05, 0.1) is 23.0 Å². The monoisotopic (exact) mass is 381 g/mol. The molecule has 1 fully saturated rings. The Morgan fingerprint density at radius 3 is 2.07 bits per heavy atom. The summed E-state index contributed by atoms with van der Waals surface area (Å²) in [4.78, 5) is 27.8. The lowest BCUT2D eigenvalue weighted by atomic mass is 9.65. The van der Waals surface area contributed by atoms with E-state index in [9.17, 15) is 27.2 Å². The second-order valence-electron chi connectivity index (χ2n) is 6.28. The first-order chi connectivity index (χ1) is 12.7. The Balaban J connectivity index is 1.75. The first kappa shape index (κ1) is 18.8. The Kier molecular flexibility index (Phi) is 4.86. The molecule has 1 aliphatic rings. The van der Waals surface area contributed by atoms with Gasteiger partial charge in [0.25, 0.3) is 0 Å². The molecule has 2 N–H and O–H groups in total. The highest BCUT2D eigenvalue weighted by atomic mass is 19.4. The molecule has 1 heterocycles. The Bertz CT molecular complexity index is 844. The van der Waals surface area contributed by atoms with E-state index in [0.717, 1.165) is 12.6 Å². The number of rotatable bonds is 4. The molecule has 1 aliphatic carbocycles. The summed E-state index contributed by atoms with van der Waals surface area (Å²) in [5, 5.41) is 4.42. The van der Waals surface area contributed by atoms with Crippen LogP contribution in [0.25, 0.3) is 0 Å². The van der Waals surface area contributed by atoms with Gasteiger partial charge in [-0.1, -0.05) is 6.42 Å². The molecule has 5 nitrogen and oxygen atoms in total. The minimum absolute atomic E-state index is 0.116. The number of anilines is 2. The number of pyridine rings is 1. The van der Waals surface area contributed by atoms with E-state index in [2.05, 4.69) is 10.3 Å². The highest BCUT2D eigenvalue weighted by Gasteiger charge is 2.47. The minimum atomic E-state index is -5.00. The topological polar surface area (TPSA) is 71.1 Å². The van der Waals surface area contributed by atoms with Gasteiger partial charge < -0.3 is 10.6 Å². The van der Waals surface area contributed by atoms with Gasteiger partial charge in [-0.3, -0.25) is 14.6 Å². The molecule has 27 heavy (non-hydrogen) atoms. The van der Waals surface area contributed by atoms with Crippen LogP contribution >= 0.6 is 0 Å². The van der Waals surface area contributed by atoms with Crippen molar-refractivity contribution in [3.05, 3.63) is 54.1 Å². The molecule has 0 saturated heterocycles. The van der Waals surface area contributed by atoms with Crippen molar-refractivity contribution in [1.29, 1.82) is 0 Å². The van der Waals surface area contributed by atoms with Crippen molar-refractivity contribution in [2.24, 2.45) is 0 Å². The zero-order valence-corrected chi connectivity index (χ0v) is 13.9. The van der Waals surface area contributed by atoms with Crippen molar-refractivity contribution in [3.8, 4) is 0 Å². The van der Waals surface area contributed by atoms with Gasteiger partial charge in [-0.15, -0.1) is 0 Å². The van der Waals surface area contributed by atoms with Crippen LogP contribution in [0, 0.1) is 5.82 Å². The van der Waals surface area contributed by atoms with E-state index in [0.29, 0.717) is 24.2 Å². The van der Waals surface area contributed by atoms with Crippen LogP contribution in [0.4, 0.5) is 28.9 Å².